The van der Waals surface area contributed by atoms with Gasteiger partial charge in [0.2, 0.25) is 0 Å². The lowest BCUT2D eigenvalue weighted by atomic mass is 9.95. The molecule has 0 radical (unpaired) electrons. The first-order chi connectivity index (χ1) is 11.3. The van der Waals surface area contributed by atoms with E-state index in [4.69, 9.17) is 0 Å². The third-order valence-electron chi connectivity index (χ3n) is 4.44. The van der Waals surface area contributed by atoms with Crippen molar-refractivity contribution in [3.8, 4) is 0 Å². The number of carbonyl (C=O) groups excluding carboxylic acids is 1. The largest absolute Gasteiger partial charge is 0.433 e. The Hall–Kier alpha value is -1.67. The highest BCUT2D eigenvalue weighted by atomic mass is 32.1. The Morgan fingerprint density at radius 2 is 2.17 bits per heavy atom. The average molecular weight is 357 g/mol. The summed E-state index contributed by atoms with van der Waals surface area (Å²) in [6.45, 7) is 5.46. The van der Waals surface area contributed by atoms with E-state index >= 15 is 0 Å². The number of aromatic nitrogens is 1. The molecule has 1 fully saturated rings. The summed E-state index contributed by atoms with van der Waals surface area (Å²) in [7, 11) is 0. The number of nitrogens with one attached hydrogen (secondary N) is 2. The number of nitrogens with zero attached hydrogens (tertiary/aromatic N) is 1. The molecule has 1 aliphatic rings. The number of hydrogen-bond donors (Lipinski definition) is 2. The summed E-state index contributed by atoms with van der Waals surface area (Å²) in [5.74, 6) is 0.115. The number of hydrogen-bond acceptors (Lipinski definition) is 4. The minimum atomic E-state index is -4.49. The van der Waals surface area contributed by atoms with Gasteiger partial charge in [-0.2, -0.15) is 13.2 Å². The molecular weight excluding hydrogens is 339 g/mol. The number of aryl methyl sites for hydroxylation is 1. The fraction of sp³-hybridized carbons (Fsp3) is 0.500. The van der Waals surface area contributed by atoms with Gasteiger partial charge in [-0.1, -0.05) is 6.92 Å². The summed E-state index contributed by atoms with van der Waals surface area (Å²) in [5, 5.41) is 6.82. The van der Waals surface area contributed by atoms with Crippen LogP contribution < -0.4 is 10.6 Å². The molecule has 8 heteroatoms. The van der Waals surface area contributed by atoms with Gasteiger partial charge in [0.15, 0.2) is 0 Å². The van der Waals surface area contributed by atoms with Crippen LogP contribution in [0, 0.1) is 12.8 Å². The van der Waals surface area contributed by atoms with Crippen LogP contribution in [0.3, 0.4) is 0 Å². The molecular formula is C16H18F3N3OS. The van der Waals surface area contributed by atoms with E-state index in [0.29, 0.717) is 28.3 Å². The van der Waals surface area contributed by atoms with E-state index in [0.717, 1.165) is 30.4 Å². The van der Waals surface area contributed by atoms with Crippen LogP contribution in [0.5, 0.6) is 0 Å². The van der Waals surface area contributed by atoms with Crippen molar-refractivity contribution in [3.05, 3.63) is 28.3 Å². The molecule has 2 aromatic rings. The third kappa shape index (κ3) is 3.25. The Morgan fingerprint density at radius 1 is 1.42 bits per heavy atom. The van der Waals surface area contributed by atoms with Gasteiger partial charge >= 0.3 is 6.18 Å². The number of thiophene rings is 1. The molecule has 0 aromatic carbocycles. The van der Waals surface area contributed by atoms with E-state index < -0.39 is 11.9 Å². The second-order valence-electron chi connectivity index (χ2n) is 6.15. The van der Waals surface area contributed by atoms with Gasteiger partial charge in [0.25, 0.3) is 5.91 Å². The molecule has 3 heterocycles. The Balaban J connectivity index is 1.88. The fourth-order valence-electron chi connectivity index (χ4n) is 2.89. The molecule has 24 heavy (non-hydrogen) atoms. The van der Waals surface area contributed by atoms with Gasteiger partial charge < -0.3 is 10.6 Å². The van der Waals surface area contributed by atoms with Crippen LogP contribution in [0.15, 0.2) is 12.1 Å². The molecule has 0 bridgehead atoms. The quantitative estimate of drug-likeness (QED) is 0.867. The number of carbonyl (C=O) groups is 1. The summed E-state index contributed by atoms with van der Waals surface area (Å²) in [6.07, 6.45) is -3.51. The molecule has 2 atom stereocenters. The Labute approximate surface area is 141 Å². The van der Waals surface area contributed by atoms with E-state index in [9.17, 15) is 18.0 Å². The Bertz CT molecular complexity index is 772. The number of halogens is 3. The summed E-state index contributed by atoms with van der Waals surface area (Å²) in [6, 6.07) is 2.37. The van der Waals surface area contributed by atoms with Gasteiger partial charge in [0.05, 0.1) is 4.88 Å². The molecule has 1 saturated heterocycles. The maximum absolute atomic E-state index is 12.8. The third-order valence-corrected chi connectivity index (χ3v) is 5.64. The molecule has 130 valence electrons. The number of pyridine rings is 1. The molecule has 2 aromatic heterocycles. The van der Waals surface area contributed by atoms with Crippen molar-refractivity contribution in [2.45, 2.75) is 32.5 Å². The zero-order chi connectivity index (χ0) is 17.5. The number of amides is 1. The standard InChI is InChI=1S/C16H18F3N3OS/c1-8-5-6-20-7-11(8)21-14(23)13-9(2)10-3-4-12(16(17,18)19)22-15(10)24-13/h3-4,8,11,20H,5-7H2,1-2H3,(H,21,23). The van der Waals surface area contributed by atoms with Gasteiger partial charge in [-0.3, -0.25) is 4.79 Å². The lowest BCUT2D eigenvalue weighted by Gasteiger charge is -2.30. The van der Waals surface area contributed by atoms with Gasteiger partial charge in [-0.15, -0.1) is 11.3 Å². The zero-order valence-corrected chi connectivity index (χ0v) is 14.1. The van der Waals surface area contributed by atoms with Crippen molar-refractivity contribution in [1.29, 1.82) is 0 Å². The lowest BCUT2D eigenvalue weighted by Crippen LogP contribution is -2.50. The monoisotopic (exact) mass is 357 g/mol. The van der Waals surface area contributed by atoms with Gasteiger partial charge in [-0.05, 0) is 43.5 Å². The van der Waals surface area contributed by atoms with E-state index in [1.165, 1.54) is 6.07 Å². The van der Waals surface area contributed by atoms with Crippen LogP contribution in [0.4, 0.5) is 13.2 Å². The van der Waals surface area contributed by atoms with Crippen LogP contribution in [0.2, 0.25) is 0 Å². The fourth-order valence-corrected chi connectivity index (χ4v) is 3.97. The van der Waals surface area contributed by atoms with Gasteiger partial charge in [0.1, 0.15) is 10.5 Å². The molecule has 1 amide bonds. The highest BCUT2D eigenvalue weighted by molar-refractivity contribution is 7.20. The summed E-state index contributed by atoms with van der Waals surface area (Å²) >= 11 is 1.01. The van der Waals surface area contributed by atoms with Crippen molar-refractivity contribution in [1.82, 2.24) is 15.6 Å². The Morgan fingerprint density at radius 3 is 2.83 bits per heavy atom. The zero-order valence-electron chi connectivity index (χ0n) is 13.3. The molecule has 2 N–H and O–H groups in total. The highest BCUT2D eigenvalue weighted by Gasteiger charge is 2.33. The second-order valence-corrected chi connectivity index (χ2v) is 7.15. The SMILES string of the molecule is Cc1c(C(=O)NC2CNCCC2C)sc2nc(C(F)(F)F)ccc12. The number of rotatable bonds is 2. The van der Waals surface area contributed by atoms with Crippen LogP contribution >= 0.6 is 11.3 Å². The molecule has 0 spiro atoms. The second kappa shape index (κ2) is 6.33. The van der Waals surface area contributed by atoms with Crippen LogP contribution in [0.1, 0.15) is 34.3 Å². The normalized spacial score (nSPS) is 21.9. The molecule has 1 aliphatic heterocycles. The first-order valence-corrected chi connectivity index (χ1v) is 8.58. The first kappa shape index (κ1) is 17.2. The van der Waals surface area contributed by atoms with E-state index in [1.54, 1.807) is 6.92 Å². The van der Waals surface area contributed by atoms with Gasteiger partial charge in [-0.25, -0.2) is 4.98 Å². The number of alkyl halides is 3. The van der Waals surface area contributed by atoms with Crippen LogP contribution in [-0.2, 0) is 6.18 Å². The maximum Gasteiger partial charge on any atom is 0.433 e. The summed E-state index contributed by atoms with van der Waals surface area (Å²) in [5.41, 5.74) is -0.265. The highest BCUT2D eigenvalue weighted by Crippen LogP contribution is 2.34. The van der Waals surface area contributed by atoms with Crippen molar-refractivity contribution in [3.63, 3.8) is 0 Å². The van der Waals surface area contributed by atoms with E-state index in [2.05, 4.69) is 22.5 Å². The predicted octanol–water partition coefficient (Wildman–Crippen LogP) is 3.35. The van der Waals surface area contributed by atoms with Crippen molar-refractivity contribution in [2.75, 3.05) is 13.1 Å². The molecule has 3 rings (SSSR count). The van der Waals surface area contributed by atoms with E-state index in [1.807, 2.05) is 0 Å². The predicted molar refractivity (Wildman–Crippen MR) is 87.3 cm³/mol. The molecule has 4 nitrogen and oxygen atoms in total. The average Bonchev–Trinajstić information content (AvgIpc) is 2.85. The maximum atomic E-state index is 12.8. The lowest BCUT2D eigenvalue weighted by molar-refractivity contribution is -0.140. The van der Waals surface area contributed by atoms with Gasteiger partial charge in [0, 0.05) is 18.0 Å². The first-order valence-electron chi connectivity index (χ1n) is 7.76. The molecule has 2 unspecified atom stereocenters. The molecule has 0 aliphatic carbocycles. The topological polar surface area (TPSA) is 54.0 Å². The van der Waals surface area contributed by atoms with Crippen LogP contribution in [-0.4, -0.2) is 30.0 Å². The minimum Gasteiger partial charge on any atom is -0.347 e. The minimum absolute atomic E-state index is 0.0227. The summed E-state index contributed by atoms with van der Waals surface area (Å²) in [4.78, 5) is 16.9. The summed E-state index contributed by atoms with van der Waals surface area (Å²) < 4.78 is 38.4. The Kier molecular flexibility index (Phi) is 4.52. The van der Waals surface area contributed by atoms with Crippen molar-refractivity contribution in [2.24, 2.45) is 5.92 Å². The van der Waals surface area contributed by atoms with Crippen molar-refractivity contribution >= 4 is 27.5 Å². The van der Waals surface area contributed by atoms with Crippen molar-refractivity contribution < 1.29 is 18.0 Å². The van der Waals surface area contributed by atoms with E-state index in [-0.39, 0.29) is 16.8 Å². The number of piperidine rings is 1. The number of fused-ring (bicyclic) bond motifs is 1. The smallest absolute Gasteiger partial charge is 0.347 e. The van der Waals surface area contributed by atoms with Crippen LogP contribution in [0.25, 0.3) is 10.2 Å². The molecule has 0 saturated carbocycles.